The smallest absolute Gasteiger partial charge is 0.224 e. The van der Waals surface area contributed by atoms with Crippen LogP contribution in [-0.2, 0) is 17.4 Å². The van der Waals surface area contributed by atoms with Crippen molar-refractivity contribution in [2.45, 2.75) is 25.9 Å². The molecule has 1 saturated heterocycles. The standard InChI is InChI=1S/C23H35N7O2/c1-4-24-22(26-18-23(2,32)19-16-27-28(3)17-19)25-11-10-21(31)30-14-12-29(13-15-30)20-8-6-5-7-9-20/h5-9,16-17,32H,4,10-15,18H2,1-3H3,(H2,24,25,26). The van der Waals surface area contributed by atoms with Crippen molar-refractivity contribution in [3.05, 3.63) is 48.3 Å². The first kappa shape index (κ1) is 23.6. The van der Waals surface area contributed by atoms with Crippen molar-refractivity contribution >= 4 is 17.6 Å². The molecule has 0 radical (unpaired) electrons. The summed E-state index contributed by atoms with van der Waals surface area (Å²) in [4.78, 5) is 21.4. The van der Waals surface area contributed by atoms with Gasteiger partial charge in [0.2, 0.25) is 5.91 Å². The van der Waals surface area contributed by atoms with Crippen molar-refractivity contribution in [3.8, 4) is 0 Å². The number of carbonyl (C=O) groups excluding carboxylic acids is 1. The van der Waals surface area contributed by atoms with E-state index < -0.39 is 5.60 Å². The van der Waals surface area contributed by atoms with E-state index in [4.69, 9.17) is 0 Å². The number of aromatic nitrogens is 2. The summed E-state index contributed by atoms with van der Waals surface area (Å²) in [5.74, 6) is 0.724. The van der Waals surface area contributed by atoms with E-state index in [0.29, 0.717) is 31.0 Å². The van der Waals surface area contributed by atoms with Crippen LogP contribution in [0.25, 0.3) is 0 Å². The fourth-order valence-electron chi connectivity index (χ4n) is 3.66. The summed E-state index contributed by atoms with van der Waals surface area (Å²) in [6.45, 7) is 8.21. The Balaban J connectivity index is 1.45. The molecule has 174 valence electrons. The minimum Gasteiger partial charge on any atom is -0.383 e. The number of aliphatic imine (C=N–C) groups is 1. The quantitative estimate of drug-likeness (QED) is 0.416. The van der Waals surface area contributed by atoms with Crippen LogP contribution in [0.15, 0.2) is 47.7 Å². The first-order valence-corrected chi connectivity index (χ1v) is 11.2. The number of hydrogen-bond donors (Lipinski definition) is 3. The number of nitrogens with zero attached hydrogens (tertiary/aromatic N) is 5. The topological polar surface area (TPSA) is 98.0 Å². The summed E-state index contributed by atoms with van der Waals surface area (Å²) in [6.07, 6.45) is 3.83. The lowest BCUT2D eigenvalue weighted by molar-refractivity contribution is -0.131. The van der Waals surface area contributed by atoms with Gasteiger partial charge in [0.25, 0.3) is 0 Å². The Morgan fingerprint density at radius 3 is 2.53 bits per heavy atom. The van der Waals surface area contributed by atoms with Gasteiger partial charge in [0.1, 0.15) is 5.60 Å². The molecule has 0 spiro atoms. The van der Waals surface area contributed by atoms with Crippen LogP contribution in [0.1, 0.15) is 25.8 Å². The fourth-order valence-corrected chi connectivity index (χ4v) is 3.66. The van der Waals surface area contributed by atoms with E-state index in [9.17, 15) is 9.90 Å². The van der Waals surface area contributed by atoms with Crippen LogP contribution in [0.3, 0.4) is 0 Å². The maximum atomic E-state index is 12.6. The van der Waals surface area contributed by atoms with Crippen LogP contribution in [0, 0.1) is 0 Å². The molecule has 0 bridgehead atoms. The highest BCUT2D eigenvalue weighted by Crippen LogP contribution is 2.20. The molecule has 1 aliphatic rings. The lowest BCUT2D eigenvalue weighted by Crippen LogP contribution is -2.49. The Morgan fingerprint density at radius 1 is 1.19 bits per heavy atom. The number of hydrogen-bond acceptors (Lipinski definition) is 5. The zero-order chi connectivity index (χ0) is 23.0. The van der Waals surface area contributed by atoms with E-state index in [2.05, 4.69) is 37.8 Å². The molecule has 9 heteroatoms. The molecule has 3 N–H and O–H groups in total. The molecule has 3 rings (SSSR count). The molecule has 9 nitrogen and oxygen atoms in total. The van der Waals surface area contributed by atoms with Crippen LogP contribution in [0.2, 0.25) is 0 Å². The van der Waals surface area contributed by atoms with Gasteiger partial charge in [0, 0.05) is 70.2 Å². The molecule has 1 amide bonds. The number of aryl methyl sites for hydroxylation is 1. The second-order valence-electron chi connectivity index (χ2n) is 8.25. The van der Waals surface area contributed by atoms with Crippen molar-refractivity contribution in [1.82, 2.24) is 25.3 Å². The third kappa shape index (κ3) is 6.46. The maximum absolute atomic E-state index is 12.6. The Morgan fingerprint density at radius 2 is 1.91 bits per heavy atom. The van der Waals surface area contributed by atoms with Gasteiger partial charge in [0.05, 0.1) is 12.7 Å². The SMILES string of the molecule is CCNC(=NCC(C)(O)c1cnn(C)c1)NCCC(=O)N1CCN(c2ccccc2)CC1. The molecule has 1 aromatic heterocycles. The van der Waals surface area contributed by atoms with Crippen LogP contribution in [0.5, 0.6) is 0 Å². The highest BCUT2D eigenvalue weighted by atomic mass is 16.3. The first-order valence-electron chi connectivity index (χ1n) is 11.2. The van der Waals surface area contributed by atoms with Gasteiger partial charge in [0.15, 0.2) is 5.96 Å². The summed E-state index contributed by atoms with van der Waals surface area (Å²) in [7, 11) is 1.81. The molecular formula is C23H35N7O2. The van der Waals surface area contributed by atoms with E-state index >= 15 is 0 Å². The number of aliphatic hydroxyl groups is 1. The van der Waals surface area contributed by atoms with Gasteiger partial charge in [-0.05, 0) is 26.0 Å². The number of amides is 1. The van der Waals surface area contributed by atoms with E-state index in [1.54, 1.807) is 24.0 Å². The maximum Gasteiger partial charge on any atom is 0.224 e. The van der Waals surface area contributed by atoms with Crippen molar-refractivity contribution < 1.29 is 9.90 Å². The number of nitrogens with one attached hydrogen (secondary N) is 2. The summed E-state index contributed by atoms with van der Waals surface area (Å²) in [6, 6.07) is 10.3. The Kier molecular flexibility index (Phi) is 8.10. The number of anilines is 1. The van der Waals surface area contributed by atoms with Crippen LogP contribution in [-0.4, -0.2) is 77.5 Å². The fraction of sp³-hybridized carbons (Fsp3) is 0.522. The second kappa shape index (κ2) is 11.0. The zero-order valence-electron chi connectivity index (χ0n) is 19.3. The third-order valence-electron chi connectivity index (χ3n) is 5.60. The van der Waals surface area contributed by atoms with E-state index in [-0.39, 0.29) is 12.5 Å². The first-order chi connectivity index (χ1) is 15.4. The molecular weight excluding hydrogens is 406 g/mol. The number of piperazine rings is 1. The van der Waals surface area contributed by atoms with Gasteiger partial charge in [-0.1, -0.05) is 18.2 Å². The molecule has 2 aromatic rings. The van der Waals surface area contributed by atoms with Gasteiger partial charge in [-0.3, -0.25) is 9.48 Å². The van der Waals surface area contributed by atoms with Crippen LogP contribution in [0.4, 0.5) is 5.69 Å². The normalized spacial score (nSPS) is 16.6. The van der Waals surface area contributed by atoms with E-state index in [1.165, 1.54) is 5.69 Å². The van der Waals surface area contributed by atoms with Gasteiger partial charge in [-0.15, -0.1) is 0 Å². The Bertz CT molecular complexity index is 887. The van der Waals surface area contributed by atoms with Gasteiger partial charge in [-0.2, -0.15) is 5.10 Å². The molecule has 1 fully saturated rings. The minimum absolute atomic E-state index is 0.142. The molecule has 1 aliphatic heterocycles. The predicted octanol–water partition coefficient (Wildman–Crippen LogP) is 0.922. The summed E-state index contributed by atoms with van der Waals surface area (Å²) in [5, 5.41) is 21.2. The average molecular weight is 442 g/mol. The van der Waals surface area contributed by atoms with Gasteiger partial charge >= 0.3 is 0 Å². The average Bonchev–Trinajstić information content (AvgIpc) is 3.25. The summed E-state index contributed by atoms with van der Waals surface area (Å²) in [5.41, 5.74) is 0.796. The van der Waals surface area contributed by atoms with Crippen LogP contribution >= 0.6 is 0 Å². The molecule has 32 heavy (non-hydrogen) atoms. The number of carbonyl (C=O) groups is 1. The second-order valence-corrected chi connectivity index (χ2v) is 8.25. The number of para-hydroxylation sites is 1. The minimum atomic E-state index is -1.12. The van der Waals surface area contributed by atoms with Gasteiger partial charge in [-0.25, -0.2) is 4.99 Å². The Hall–Kier alpha value is -3.07. The van der Waals surface area contributed by atoms with E-state index in [1.807, 2.05) is 37.1 Å². The largest absolute Gasteiger partial charge is 0.383 e. The summed E-state index contributed by atoms with van der Waals surface area (Å²) >= 11 is 0. The predicted molar refractivity (Wildman–Crippen MR) is 127 cm³/mol. The number of rotatable bonds is 8. The highest BCUT2D eigenvalue weighted by Gasteiger charge is 2.25. The zero-order valence-corrected chi connectivity index (χ0v) is 19.3. The molecule has 1 atom stereocenters. The van der Waals surface area contributed by atoms with Crippen molar-refractivity contribution in [3.63, 3.8) is 0 Å². The Labute approximate surface area is 190 Å². The summed E-state index contributed by atoms with van der Waals surface area (Å²) < 4.78 is 1.66. The molecule has 0 aliphatic carbocycles. The number of guanidine groups is 1. The highest BCUT2D eigenvalue weighted by molar-refractivity contribution is 5.81. The van der Waals surface area contributed by atoms with Gasteiger partial charge < -0.3 is 25.5 Å². The third-order valence-corrected chi connectivity index (χ3v) is 5.60. The van der Waals surface area contributed by atoms with Crippen molar-refractivity contribution in [2.24, 2.45) is 12.0 Å². The lowest BCUT2D eigenvalue weighted by atomic mass is 10.0. The molecule has 0 saturated carbocycles. The monoisotopic (exact) mass is 441 g/mol. The molecule has 1 aromatic carbocycles. The van der Waals surface area contributed by atoms with Crippen molar-refractivity contribution in [2.75, 3.05) is 50.7 Å². The molecule has 1 unspecified atom stereocenters. The lowest BCUT2D eigenvalue weighted by Gasteiger charge is -2.36. The number of benzene rings is 1. The van der Waals surface area contributed by atoms with Crippen LogP contribution < -0.4 is 15.5 Å². The van der Waals surface area contributed by atoms with Crippen molar-refractivity contribution in [1.29, 1.82) is 0 Å². The van der Waals surface area contributed by atoms with E-state index in [0.717, 1.165) is 26.2 Å². The molecule has 2 heterocycles.